The summed E-state index contributed by atoms with van der Waals surface area (Å²) in [6.07, 6.45) is 5.73. The van der Waals surface area contributed by atoms with E-state index in [-0.39, 0.29) is 5.91 Å². The summed E-state index contributed by atoms with van der Waals surface area (Å²) in [6, 6.07) is 7.90. The predicted octanol–water partition coefficient (Wildman–Crippen LogP) is 2.15. The maximum absolute atomic E-state index is 12.2. The van der Waals surface area contributed by atoms with Crippen molar-refractivity contribution in [2.75, 3.05) is 11.9 Å². The highest BCUT2D eigenvalue weighted by Crippen LogP contribution is 2.24. The number of fused-ring (bicyclic) bond motifs is 1. The Hall–Kier alpha value is -2.83. The Bertz CT molecular complexity index is 976. The minimum absolute atomic E-state index is 0.0178. The van der Waals surface area contributed by atoms with Gasteiger partial charge in [-0.25, -0.2) is 9.97 Å². The van der Waals surface area contributed by atoms with Crippen molar-refractivity contribution in [2.24, 2.45) is 5.92 Å². The van der Waals surface area contributed by atoms with Crippen molar-refractivity contribution in [3.63, 3.8) is 0 Å². The molecule has 1 fully saturated rings. The Morgan fingerprint density at radius 3 is 2.70 bits per heavy atom. The molecule has 1 amide bonds. The lowest BCUT2D eigenvalue weighted by Crippen LogP contribution is -2.25. The van der Waals surface area contributed by atoms with Crippen LogP contribution in [0, 0.1) is 5.92 Å². The quantitative estimate of drug-likeness (QED) is 0.662. The van der Waals surface area contributed by atoms with Crippen LogP contribution in [0.15, 0.2) is 36.7 Å². The fraction of sp³-hybridized carbons (Fsp3) is 0.350. The van der Waals surface area contributed by atoms with Crippen molar-refractivity contribution in [1.82, 2.24) is 19.7 Å². The molecule has 1 aromatic carbocycles. The maximum Gasteiger partial charge on any atom is 0.251 e. The van der Waals surface area contributed by atoms with Crippen molar-refractivity contribution in [3.05, 3.63) is 42.2 Å². The molecular weight excluding hydrogens is 337 g/mol. The number of aromatic nitrogens is 3. The van der Waals surface area contributed by atoms with Crippen LogP contribution in [-0.4, -0.2) is 40.7 Å². The van der Waals surface area contributed by atoms with E-state index in [1.807, 2.05) is 28.7 Å². The summed E-state index contributed by atoms with van der Waals surface area (Å²) in [7, 11) is 6.00. The van der Waals surface area contributed by atoms with Gasteiger partial charge in [0, 0.05) is 35.5 Å². The Morgan fingerprint density at radius 2 is 2.04 bits per heavy atom. The summed E-state index contributed by atoms with van der Waals surface area (Å²) >= 11 is 0. The zero-order valence-electron chi connectivity index (χ0n) is 15.6. The third kappa shape index (κ3) is 3.82. The molecule has 1 saturated carbocycles. The van der Waals surface area contributed by atoms with E-state index in [2.05, 4.69) is 34.4 Å². The van der Waals surface area contributed by atoms with Crippen LogP contribution < -0.4 is 16.2 Å². The molecule has 3 aromatic rings. The van der Waals surface area contributed by atoms with Gasteiger partial charge in [0.1, 0.15) is 7.85 Å². The highest BCUT2D eigenvalue weighted by Gasteiger charge is 2.23. The summed E-state index contributed by atoms with van der Waals surface area (Å²) in [5, 5.41) is 6.32. The maximum atomic E-state index is 12.2. The molecule has 0 saturated heterocycles. The molecular formula is C20H22BN5O. The molecule has 2 N–H and O–H groups in total. The van der Waals surface area contributed by atoms with Crippen LogP contribution in [0.3, 0.4) is 0 Å². The molecule has 6 nitrogen and oxygen atoms in total. The number of anilines is 1. The minimum atomic E-state index is -0.0178. The van der Waals surface area contributed by atoms with Gasteiger partial charge in [-0.3, -0.25) is 9.20 Å². The van der Waals surface area contributed by atoms with Crippen LogP contribution in [-0.2, 0) is 0 Å². The van der Waals surface area contributed by atoms with Crippen molar-refractivity contribution < 1.29 is 4.79 Å². The van der Waals surface area contributed by atoms with E-state index in [0.29, 0.717) is 28.9 Å². The second-order valence-corrected chi connectivity index (χ2v) is 7.45. The van der Waals surface area contributed by atoms with Gasteiger partial charge >= 0.3 is 0 Å². The highest BCUT2D eigenvalue weighted by atomic mass is 16.1. The lowest BCUT2D eigenvalue weighted by Gasteiger charge is -2.11. The SMILES string of the molecule is [B]c1cn2c(-c3ccc(C(=O)NC4CC4)cc3)cnc2c(NCC(C)C)n1. The van der Waals surface area contributed by atoms with Gasteiger partial charge in [-0.15, -0.1) is 0 Å². The summed E-state index contributed by atoms with van der Waals surface area (Å²) in [4.78, 5) is 21.1. The third-order valence-electron chi connectivity index (χ3n) is 4.54. The number of nitrogens with zero attached hydrogens (tertiary/aromatic N) is 3. The lowest BCUT2D eigenvalue weighted by atomic mass is 10.1. The smallest absolute Gasteiger partial charge is 0.251 e. The van der Waals surface area contributed by atoms with E-state index in [1.54, 1.807) is 12.4 Å². The number of imidazole rings is 1. The molecule has 1 aliphatic rings. The molecule has 0 spiro atoms. The fourth-order valence-corrected chi connectivity index (χ4v) is 2.93. The number of carbonyl (C=O) groups is 1. The van der Waals surface area contributed by atoms with Crippen LogP contribution in [0.2, 0.25) is 0 Å². The van der Waals surface area contributed by atoms with E-state index in [0.717, 1.165) is 36.3 Å². The molecule has 2 aromatic heterocycles. The minimum Gasteiger partial charge on any atom is -0.367 e. The molecule has 4 rings (SSSR count). The van der Waals surface area contributed by atoms with Gasteiger partial charge in [-0.1, -0.05) is 26.0 Å². The number of nitrogens with one attached hydrogen (secondary N) is 2. The molecule has 2 heterocycles. The second kappa shape index (κ2) is 7.06. The fourth-order valence-electron chi connectivity index (χ4n) is 2.93. The van der Waals surface area contributed by atoms with Crippen molar-refractivity contribution in [2.45, 2.75) is 32.7 Å². The largest absolute Gasteiger partial charge is 0.367 e. The number of carbonyl (C=O) groups excluding carboxylic acids is 1. The Kier molecular flexibility index (Phi) is 4.60. The number of amides is 1. The number of hydrogen-bond acceptors (Lipinski definition) is 4. The first kappa shape index (κ1) is 17.6. The summed E-state index contributed by atoms with van der Waals surface area (Å²) < 4.78 is 1.93. The third-order valence-corrected chi connectivity index (χ3v) is 4.54. The van der Waals surface area contributed by atoms with Crippen LogP contribution in [0.25, 0.3) is 16.9 Å². The molecule has 27 heavy (non-hydrogen) atoms. The second-order valence-electron chi connectivity index (χ2n) is 7.45. The van der Waals surface area contributed by atoms with E-state index < -0.39 is 0 Å². The molecule has 2 radical (unpaired) electrons. The topological polar surface area (TPSA) is 71.3 Å². The Morgan fingerprint density at radius 1 is 1.30 bits per heavy atom. The number of benzene rings is 1. The van der Waals surface area contributed by atoms with Gasteiger partial charge in [0.15, 0.2) is 11.5 Å². The molecule has 0 aliphatic heterocycles. The van der Waals surface area contributed by atoms with Crippen LogP contribution in [0.4, 0.5) is 5.82 Å². The molecule has 0 bridgehead atoms. The van der Waals surface area contributed by atoms with E-state index >= 15 is 0 Å². The molecule has 136 valence electrons. The molecule has 0 atom stereocenters. The van der Waals surface area contributed by atoms with Crippen LogP contribution in [0.1, 0.15) is 37.0 Å². The van der Waals surface area contributed by atoms with Crippen LogP contribution >= 0.6 is 0 Å². The van der Waals surface area contributed by atoms with Crippen molar-refractivity contribution in [1.29, 1.82) is 0 Å². The number of hydrogen-bond donors (Lipinski definition) is 2. The Labute approximate surface area is 159 Å². The molecule has 1 aliphatic carbocycles. The standard InChI is InChI=1S/C20H22BN5O/c1-12(2)9-22-18-19-23-10-16(26(19)11-17(21)25-18)13-3-5-14(6-4-13)20(27)24-15-7-8-15/h3-6,10-12,15H,7-9H2,1-2H3,(H,22,25)(H,24,27). The summed E-state index contributed by atoms with van der Waals surface area (Å²) in [5.74, 6) is 1.14. The van der Waals surface area contributed by atoms with Gasteiger partial charge in [-0.05, 0) is 30.9 Å². The van der Waals surface area contributed by atoms with Crippen LogP contribution in [0.5, 0.6) is 0 Å². The normalized spacial score (nSPS) is 13.9. The van der Waals surface area contributed by atoms with Crippen molar-refractivity contribution >= 4 is 30.8 Å². The Balaban J connectivity index is 1.64. The average Bonchev–Trinajstić information content (AvgIpc) is 3.36. The average molecular weight is 359 g/mol. The zero-order chi connectivity index (χ0) is 19.0. The van der Waals surface area contributed by atoms with Gasteiger partial charge in [0.2, 0.25) is 0 Å². The van der Waals surface area contributed by atoms with Gasteiger partial charge in [0.05, 0.1) is 11.9 Å². The molecule has 0 unspecified atom stereocenters. The van der Waals surface area contributed by atoms with E-state index in [1.165, 1.54) is 0 Å². The predicted molar refractivity (Wildman–Crippen MR) is 108 cm³/mol. The highest BCUT2D eigenvalue weighted by molar-refractivity contribution is 6.30. The van der Waals surface area contributed by atoms with Gasteiger partial charge in [0.25, 0.3) is 5.91 Å². The van der Waals surface area contributed by atoms with Crippen molar-refractivity contribution in [3.8, 4) is 11.3 Å². The van der Waals surface area contributed by atoms with E-state index in [9.17, 15) is 4.79 Å². The van der Waals surface area contributed by atoms with Gasteiger partial charge < -0.3 is 10.6 Å². The number of rotatable bonds is 6. The first-order valence-corrected chi connectivity index (χ1v) is 9.30. The summed E-state index contributed by atoms with van der Waals surface area (Å²) in [5.41, 5.74) is 3.69. The lowest BCUT2D eigenvalue weighted by molar-refractivity contribution is 0.0951. The first-order chi connectivity index (χ1) is 13.0. The first-order valence-electron chi connectivity index (χ1n) is 9.30. The molecule has 7 heteroatoms. The van der Waals surface area contributed by atoms with E-state index in [4.69, 9.17) is 7.85 Å². The van der Waals surface area contributed by atoms with Gasteiger partial charge in [-0.2, -0.15) is 0 Å². The zero-order valence-corrected chi connectivity index (χ0v) is 15.6. The summed E-state index contributed by atoms with van der Waals surface area (Å²) in [6.45, 7) is 5.06. The monoisotopic (exact) mass is 359 g/mol.